The van der Waals surface area contributed by atoms with E-state index in [-0.39, 0.29) is 12.7 Å². The van der Waals surface area contributed by atoms with Crippen LogP contribution in [0.1, 0.15) is 44.9 Å². The number of pyridine rings is 1. The summed E-state index contributed by atoms with van der Waals surface area (Å²) in [6, 6.07) is 3.81. The van der Waals surface area contributed by atoms with Gasteiger partial charge in [-0.2, -0.15) is 0 Å². The van der Waals surface area contributed by atoms with Crippen molar-refractivity contribution in [3.8, 4) is 0 Å². The molecule has 0 bridgehead atoms. The minimum atomic E-state index is -0.453. The van der Waals surface area contributed by atoms with E-state index in [1.807, 2.05) is 32.9 Å². The van der Waals surface area contributed by atoms with Gasteiger partial charge in [0, 0.05) is 19.3 Å². The topological polar surface area (TPSA) is 62.7 Å². The molecule has 1 aromatic rings. The number of aromatic nitrogens is 1. The molecule has 2 rings (SSSR count). The number of aliphatic hydroxyl groups is 1. The fourth-order valence-electron chi connectivity index (χ4n) is 2.36. The Morgan fingerprint density at radius 3 is 2.68 bits per heavy atom. The van der Waals surface area contributed by atoms with Gasteiger partial charge in [-0.15, -0.1) is 0 Å². The average Bonchev–Trinajstić information content (AvgIpc) is 2.46. The number of carbonyl (C=O) groups excluding carboxylic acids is 1. The van der Waals surface area contributed by atoms with Gasteiger partial charge in [0.1, 0.15) is 5.60 Å². The molecule has 1 fully saturated rings. The summed E-state index contributed by atoms with van der Waals surface area (Å²) in [5.74, 6) is 0. The van der Waals surface area contributed by atoms with Gasteiger partial charge < -0.3 is 14.7 Å². The van der Waals surface area contributed by atoms with Gasteiger partial charge in [-0.05, 0) is 51.3 Å². The predicted molar refractivity (Wildman–Crippen MR) is 85.2 cm³/mol. The quantitative estimate of drug-likeness (QED) is 0.912. The number of carbonyl (C=O) groups is 1. The zero-order valence-corrected chi connectivity index (χ0v) is 13.5. The molecule has 0 saturated carbocycles. The van der Waals surface area contributed by atoms with E-state index in [4.69, 9.17) is 9.84 Å². The first-order valence-electron chi connectivity index (χ1n) is 7.60. The van der Waals surface area contributed by atoms with Gasteiger partial charge in [0.25, 0.3) is 0 Å². The Labute approximate surface area is 131 Å². The molecule has 1 aliphatic heterocycles. The van der Waals surface area contributed by atoms with Gasteiger partial charge in [-0.25, -0.2) is 4.79 Å². The van der Waals surface area contributed by atoms with Crippen LogP contribution < -0.4 is 0 Å². The number of rotatable bonds is 2. The molecule has 1 amide bonds. The van der Waals surface area contributed by atoms with Crippen molar-refractivity contribution in [1.82, 2.24) is 9.88 Å². The van der Waals surface area contributed by atoms with Crippen LogP contribution in [0.5, 0.6) is 0 Å². The van der Waals surface area contributed by atoms with Crippen LogP contribution in [-0.4, -0.2) is 39.8 Å². The second-order valence-electron chi connectivity index (χ2n) is 6.51. The molecule has 0 aliphatic carbocycles. The molecule has 0 spiro atoms. The number of likely N-dealkylation sites (tertiary alicyclic amines) is 1. The van der Waals surface area contributed by atoms with Gasteiger partial charge in [-0.1, -0.05) is 11.6 Å². The first-order chi connectivity index (χ1) is 10.4. The number of hydrogen-bond acceptors (Lipinski definition) is 4. The number of amides is 1. The zero-order chi connectivity index (χ0) is 16.2. The molecular weight excluding hydrogens is 280 g/mol. The van der Waals surface area contributed by atoms with Crippen LogP contribution in [0.3, 0.4) is 0 Å². The number of hydrogen-bond donors (Lipinski definition) is 1. The van der Waals surface area contributed by atoms with E-state index in [1.54, 1.807) is 11.1 Å². The van der Waals surface area contributed by atoms with E-state index in [0.717, 1.165) is 18.4 Å². The Morgan fingerprint density at radius 2 is 2.09 bits per heavy atom. The van der Waals surface area contributed by atoms with E-state index in [9.17, 15) is 4.79 Å². The van der Waals surface area contributed by atoms with E-state index in [1.165, 1.54) is 5.57 Å². The standard InChI is InChI=1S/C17H24N2O3/c1-17(2,3)22-16(21)19-8-5-13(6-9-19)10-14-4-7-18-15(11-14)12-20/h4,7,10-11,20H,5-6,8-9,12H2,1-3H3. The molecule has 1 N–H and O–H groups in total. The van der Waals surface area contributed by atoms with Gasteiger partial charge in [-0.3, -0.25) is 4.98 Å². The highest BCUT2D eigenvalue weighted by atomic mass is 16.6. The second-order valence-corrected chi connectivity index (χ2v) is 6.51. The van der Waals surface area contributed by atoms with Crippen molar-refractivity contribution in [2.24, 2.45) is 0 Å². The van der Waals surface area contributed by atoms with Crippen molar-refractivity contribution < 1.29 is 14.6 Å². The van der Waals surface area contributed by atoms with Crippen molar-refractivity contribution in [1.29, 1.82) is 0 Å². The molecule has 1 saturated heterocycles. The molecular formula is C17H24N2O3. The first-order valence-corrected chi connectivity index (χ1v) is 7.60. The maximum Gasteiger partial charge on any atom is 0.410 e. The van der Waals surface area contributed by atoms with Crippen LogP contribution in [0.15, 0.2) is 23.9 Å². The molecule has 22 heavy (non-hydrogen) atoms. The second kappa shape index (κ2) is 6.92. The summed E-state index contributed by atoms with van der Waals surface area (Å²) in [6.45, 7) is 6.94. The smallest absolute Gasteiger partial charge is 0.410 e. The van der Waals surface area contributed by atoms with Crippen molar-refractivity contribution in [2.45, 2.75) is 45.8 Å². The summed E-state index contributed by atoms with van der Waals surface area (Å²) in [5, 5.41) is 9.12. The molecule has 1 aliphatic rings. The molecule has 1 aromatic heterocycles. The summed E-state index contributed by atoms with van der Waals surface area (Å²) in [4.78, 5) is 17.8. The Kier molecular flexibility index (Phi) is 5.19. The Bertz CT molecular complexity index is 551. The number of piperidine rings is 1. The fourth-order valence-corrected chi connectivity index (χ4v) is 2.36. The van der Waals surface area contributed by atoms with Crippen molar-refractivity contribution >= 4 is 12.2 Å². The number of ether oxygens (including phenoxy) is 1. The van der Waals surface area contributed by atoms with E-state index in [2.05, 4.69) is 11.1 Å². The van der Waals surface area contributed by atoms with Gasteiger partial charge in [0.15, 0.2) is 0 Å². The lowest BCUT2D eigenvalue weighted by atomic mass is 10.0. The molecule has 120 valence electrons. The average molecular weight is 304 g/mol. The van der Waals surface area contributed by atoms with Crippen LogP contribution in [0, 0.1) is 0 Å². The summed E-state index contributed by atoms with van der Waals surface area (Å²) >= 11 is 0. The van der Waals surface area contributed by atoms with Crippen LogP contribution in [0.2, 0.25) is 0 Å². The van der Waals surface area contributed by atoms with Crippen LogP contribution >= 0.6 is 0 Å². The highest BCUT2D eigenvalue weighted by Gasteiger charge is 2.24. The minimum Gasteiger partial charge on any atom is -0.444 e. The van der Waals surface area contributed by atoms with Crippen molar-refractivity contribution in [3.63, 3.8) is 0 Å². The lowest BCUT2D eigenvalue weighted by molar-refractivity contribution is 0.0237. The molecule has 0 atom stereocenters. The van der Waals surface area contributed by atoms with Crippen LogP contribution in [0.25, 0.3) is 6.08 Å². The Hall–Kier alpha value is -1.88. The lowest BCUT2D eigenvalue weighted by Crippen LogP contribution is -2.40. The normalized spacial score (nSPS) is 15.6. The third-order valence-corrected chi connectivity index (χ3v) is 3.43. The molecule has 2 heterocycles. The summed E-state index contributed by atoms with van der Waals surface area (Å²) in [5.41, 5.74) is 2.56. The number of nitrogens with zero attached hydrogens (tertiary/aromatic N) is 2. The van der Waals surface area contributed by atoms with E-state index >= 15 is 0 Å². The van der Waals surface area contributed by atoms with Gasteiger partial charge in [0.05, 0.1) is 12.3 Å². The minimum absolute atomic E-state index is 0.0521. The van der Waals surface area contributed by atoms with E-state index < -0.39 is 5.60 Å². The molecule has 0 aromatic carbocycles. The molecule has 0 radical (unpaired) electrons. The maximum atomic E-state index is 12.0. The molecule has 5 nitrogen and oxygen atoms in total. The highest BCUT2D eigenvalue weighted by molar-refractivity contribution is 5.68. The van der Waals surface area contributed by atoms with Gasteiger partial charge >= 0.3 is 6.09 Å². The third-order valence-electron chi connectivity index (χ3n) is 3.43. The first kappa shape index (κ1) is 16.5. The van der Waals surface area contributed by atoms with E-state index in [0.29, 0.717) is 18.8 Å². The van der Waals surface area contributed by atoms with Crippen molar-refractivity contribution in [3.05, 3.63) is 35.2 Å². The van der Waals surface area contributed by atoms with Crippen LogP contribution in [0.4, 0.5) is 4.79 Å². The third kappa shape index (κ3) is 4.84. The zero-order valence-electron chi connectivity index (χ0n) is 13.5. The number of aliphatic hydroxyl groups excluding tert-OH is 1. The molecule has 0 unspecified atom stereocenters. The molecule has 5 heteroatoms. The SMILES string of the molecule is CC(C)(C)OC(=O)N1CCC(=Cc2ccnc(CO)c2)CC1. The summed E-state index contributed by atoms with van der Waals surface area (Å²) in [6.07, 6.45) is 5.27. The van der Waals surface area contributed by atoms with Crippen molar-refractivity contribution in [2.75, 3.05) is 13.1 Å². The largest absolute Gasteiger partial charge is 0.444 e. The Morgan fingerprint density at radius 1 is 1.41 bits per heavy atom. The summed E-state index contributed by atoms with van der Waals surface area (Å²) < 4.78 is 5.39. The lowest BCUT2D eigenvalue weighted by Gasteiger charge is -2.31. The van der Waals surface area contributed by atoms with Gasteiger partial charge in [0.2, 0.25) is 0 Å². The maximum absolute atomic E-state index is 12.0. The fraction of sp³-hybridized carbons (Fsp3) is 0.529. The predicted octanol–water partition coefficient (Wildman–Crippen LogP) is 2.99. The Balaban J connectivity index is 1.94. The summed E-state index contributed by atoms with van der Waals surface area (Å²) in [7, 11) is 0. The van der Waals surface area contributed by atoms with Crippen LogP contribution in [-0.2, 0) is 11.3 Å². The monoisotopic (exact) mass is 304 g/mol. The highest BCUT2D eigenvalue weighted by Crippen LogP contribution is 2.21.